The Morgan fingerprint density at radius 1 is 0.951 bits per heavy atom. The molecule has 4 aromatic carbocycles. The Morgan fingerprint density at radius 2 is 1.61 bits per heavy atom. The molecule has 0 fully saturated rings. The van der Waals surface area contributed by atoms with Crippen LogP contribution in [0.25, 0.3) is 10.9 Å². The molecule has 1 heterocycles. The third kappa shape index (κ3) is 5.81. The molecule has 1 aromatic heterocycles. The maximum atomic E-state index is 13.8. The maximum Gasteiger partial charge on any atom is 0.258 e. The summed E-state index contributed by atoms with van der Waals surface area (Å²) in [4.78, 5) is 35.3. The standard InChI is InChI=1S/C33H27N3O4S/c1-3-20-36(22-24-14-19-30-29(21-24)33(38)35-23(2)34-30)27-17-15-25(16-18-27)31(37)32(26-10-6-4-7-11-26)41(39,40)28-12-8-5-9-13-28/h1,4-19,21,32H,20,22H2,2H3,(H,34,35,38). The fourth-order valence-electron chi connectivity index (χ4n) is 4.80. The number of carbonyl (C=O) groups is 1. The minimum atomic E-state index is -4.02. The number of fused-ring (bicyclic) bond motifs is 1. The molecule has 0 bridgehead atoms. The van der Waals surface area contributed by atoms with Gasteiger partial charge in [0.05, 0.1) is 22.3 Å². The predicted octanol–water partition coefficient (Wildman–Crippen LogP) is 5.27. The van der Waals surface area contributed by atoms with Gasteiger partial charge in [0.1, 0.15) is 5.82 Å². The van der Waals surface area contributed by atoms with E-state index in [-0.39, 0.29) is 22.6 Å². The van der Waals surface area contributed by atoms with E-state index in [2.05, 4.69) is 15.9 Å². The molecule has 0 saturated heterocycles. The summed E-state index contributed by atoms with van der Waals surface area (Å²) >= 11 is 0. The molecule has 0 amide bonds. The molecule has 5 rings (SSSR count). The van der Waals surface area contributed by atoms with Gasteiger partial charge >= 0.3 is 0 Å². The zero-order valence-electron chi connectivity index (χ0n) is 22.3. The number of aromatic nitrogens is 2. The topological polar surface area (TPSA) is 100 Å². The minimum absolute atomic E-state index is 0.0820. The third-order valence-corrected chi connectivity index (χ3v) is 8.82. The Labute approximate surface area is 238 Å². The van der Waals surface area contributed by atoms with Crippen molar-refractivity contribution >= 4 is 32.2 Å². The monoisotopic (exact) mass is 561 g/mol. The summed E-state index contributed by atoms with van der Waals surface area (Å²) in [5.41, 5.74) is 2.68. The van der Waals surface area contributed by atoms with Crippen molar-refractivity contribution in [2.75, 3.05) is 11.4 Å². The SMILES string of the molecule is C#CCN(Cc1ccc2nc(C)[nH]c(=O)c2c1)c1ccc(C(=O)C(c2ccccc2)S(=O)(=O)c2ccccc2)cc1. The smallest absolute Gasteiger partial charge is 0.258 e. The summed E-state index contributed by atoms with van der Waals surface area (Å²) in [6.45, 7) is 2.43. The van der Waals surface area contributed by atoms with Gasteiger partial charge in [0, 0.05) is 17.8 Å². The molecule has 0 aliphatic rings. The van der Waals surface area contributed by atoms with E-state index in [0.717, 1.165) is 11.3 Å². The first kappa shape index (κ1) is 27.6. The molecule has 0 saturated carbocycles. The second-order valence-corrected chi connectivity index (χ2v) is 11.7. The largest absolute Gasteiger partial charge is 0.356 e. The van der Waals surface area contributed by atoms with Crippen molar-refractivity contribution in [2.24, 2.45) is 0 Å². The minimum Gasteiger partial charge on any atom is -0.356 e. The van der Waals surface area contributed by atoms with E-state index in [1.807, 2.05) is 11.0 Å². The van der Waals surface area contributed by atoms with Crippen molar-refractivity contribution in [3.05, 3.63) is 136 Å². The number of benzene rings is 4. The van der Waals surface area contributed by atoms with Crippen LogP contribution in [0.3, 0.4) is 0 Å². The lowest BCUT2D eigenvalue weighted by Crippen LogP contribution is -2.24. The van der Waals surface area contributed by atoms with Gasteiger partial charge in [-0.25, -0.2) is 13.4 Å². The Bertz CT molecular complexity index is 1910. The van der Waals surface area contributed by atoms with Crippen LogP contribution in [-0.4, -0.2) is 30.7 Å². The Kier molecular flexibility index (Phi) is 7.81. The highest BCUT2D eigenvalue weighted by Crippen LogP contribution is 2.33. The molecule has 1 unspecified atom stereocenters. The molecule has 0 spiro atoms. The van der Waals surface area contributed by atoms with Crippen LogP contribution in [-0.2, 0) is 16.4 Å². The van der Waals surface area contributed by atoms with Crippen molar-refractivity contribution in [2.45, 2.75) is 23.6 Å². The van der Waals surface area contributed by atoms with Crippen LogP contribution in [0, 0.1) is 19.3 Å². The fourth-order valence-corrected chi connectivity index (χ4v) is 6.55. The summed E-state index contributed by atoms with van der Waals surface area (Å²) < 4.78 is 27.3. The van der Waals surface area contributed by atoms with Crippen LogP contribution in [0.15, 0.2) is 113 Å². The lowest BCUT2D eigenvalue weighted by molar-refractivity contribution is 0.0986. The molecule has 0 aliphatic heterocycles. The number of rotatable bonds is 9. The van der Waals surface area contributed by atoms with Crippen molar-refractivity contribution in [3.8, 4) is 12.3 Å². The van der Waals surface area contributed by atoms with Gasteiger partial charge < -0.3 is 9.88 Å². The molecular formula is C33H27N3O4S. The number of aromatic amines is 1. The van der Waals surface area contributed by atoms with E-state index in [9.17, 15) is 18.0 Å². The molecule has 1 N–H and O–H groups in total. The van der Waals surface area contributed by atoms with Gasteiger partial charge in [0.25, 0.3) is 5.56 Å². The highest BCUT2D eigenvalue weighted by Gasteiger charge is 2.36. The van der Waals surface area contributed by atoms with Crippen molar-refractivity contribution in [3.63, 3.8) is 0 Å². The lowest BCUT2D eigenvalue weighted by Gasteiger charge is -2.23. The number of hydrogen-bond acceptors (Lipinski definition) is 6. The van der Waals surface area contributed by atoms with Crippen LogP contribution in [0.1, 0.15) is 32.6 Å². The summed E-state index contributed by atoms with van der Waals surface area (Å²) in [5.74, 6) is 2.68. The number of anilines is 1. The van der Waals surface area contributed by atoms with Crippen LogP contribution >= 0.6 is 0 Å². The van der Waals surface area contributed by atoms with Gasteiger partial charge in [-0.3, -0.25) is 9.59 Å². The molecule has 1 atom stereocenters. The van der Waals surface area contributed by atoms with Crippen molar-refractivity contribution in [1.29, 1.82) is 0 Å². The number of sulfone groups is 1. The molecule has 7 nitrogen and oxygen atoms in total. The normalized spacial score (nSPS) is 12.0. The van der Waals surface area contributed by atoms with Gasteiger partial charge in [0.15, 0.2) is 20.9 Å². The summed E-state index contributed by atoms with van der Waals surface area (Å²) in [5, 5.41) is -0.909. The number of hydrogen-bond donors (Lipinski definition) is 1. The zero-order chi connectivity index (χ0) is 29.0. The zero-order valence-corrected chi connectivity index (χ0v) is 23.1. The quantitative estimate of drug-likeness (QED) is 0.194. The third-order valence-electron chi connectivity index (χ3n) is 6.78. The van der Waals surface area contributed by atoms with E-state index < -0.39 is 20.9 Å². The number of ketones is 1. The number of terminal acetylenes is 1. The summed E-state index contributed by atoms with van der Waals surface area (Å²) in [7, 11) is -4.02. The van der Waals surface area contributed by atoms with E-state index in [1.165, 1.54) is 12.1 Å². The van der Waals surface area contributed by atoms with E-state index in [4.69, 9.17) is 6.42 Å². The van der Waals surface area contributed by atoms with Crippen LogP contribution in [0.2, 0.25) is 0 Å². The fraction of sp³-hybridized carbons (Fsp3) is 0.121. The van der Waals surface area contributed by atoms with Crippen molar-refractivity contribution in [1.82, 2.24) is 9.97 Å². The second-order valence-electron chi connectivity index (χ2n) is 9.62. The van der Waals surface area contributed by atoms with Gasteiger partial charge in [0.2, 0.25) is 0 Å². The molecular weight excluding hydrogens is 534 g/mol. The van der Waals surface area contributed by atoms with Gasteiger partial charge in [-0.05, 0) is 66.6 Å². The lowest BCUT2D eigenvalue weighted by atomic mass is 10.0. The summed E-state index contributed by atoms with van der Waals surface area (Å²) in [6, 6.07) is 28.7. The van der Waals surface area contributed by atoms with Crippen LogP contribution in [0.5, 0.6) is 0 Å². The number of H-pyrrole nitrogens is 1. The molecule has 5 aromatic rings. The van der Waals surface area contributed by atoms with E-state index >= 15 is 0 Å². The first-order valence-electron chi connectivity index (χ1n) is 12.9. The van der Waals surface area contributed by atoms with Crippen LogP contribution in [0.4, 0.5) is 5.69 Å². The predicted molar refractivity (Wildman–Crippen MR) is 161 cm³/mol. The average molecular weight is 562 g/mol. The molecule has 0 aliphatic carbocycles. The second kappa shape index (κ2) is 11.6. The van der Waals surface area contributed by atoms with Gasteiger partial charge in [-0.15, -0.1) is 6.42 Å². The maximum absolute atomic E-state index is 13.8. The van der Waals surface area contributed by atoms with Crippen LogP contribution < -0.4 is 10.5 Å². The highest BCUT2D eigenvalue weighted by atomic mass is 32.2. The number of nitrogens with zero attached hydrogens (tertiary/aromatic N) is 2. The van der Waals surface area contributed by atoms with E-state index in [1.54, 1.807) is 91.9 Å². The Balaban J connectivity index is 1.45. The number of nitrogens with one attached hydrogen (secondary N) is 1. The first-order chi connectivity index (χ1) is 19.8. The Hall–Kier alpha value is -5.00. The first-order valence-corrected chi connectivity index (χ1v) is 14.5. The Morgan fingerprint density at radius 3 is 2.27 bits per heavy atom. The molecule has 8 heteroatoms. The molecule has 41 heavy (non-hydrogen) atoms. The van der Waals surface area contributed by atoms with Gasteiger partial charge in [-0.1, -0.05) is 60.5 Å². The van der Waals surface area contributed by atoms with E-state index in [0.29, 0.717) is 28.8 Å². The highest BCUT2D eigenvalue weighted by molar-refractivity contribution is 7.92. The van der Waals surface area contributed by atoms with Crippen molar-refractivity contribution < 1.29 is 13.2 Å². The number of carbonyl (C=O) groups excluding carboxylic acids is 1. The van der Waals surface area contributed by atoms with Gasteiger partial charge in [-0.2, -0.15) is 0 Å². The number of aryl methyl sites for hydroxylation is 1. The average Bonchev–Trinajstić information content (AvgIpc) is 2.98. The molecule has 0 radical (unpaired) electrons. The summed E-state index contributed by atoms with van der Waals surface area (Å²) in [6.07, 6.45) is 5.66. The molecule has 204 valence electrons. The number of Topliss-reactive ketones (excluding diaryl/α,β-unsaturated/α-hetero) is 1.